The minimum absolute atomic E-state index is 1.10. The Labute approximate surface area is 304 Å². The lowest BCUT2D eigenvalue weighted by molar-refractivity contribution is 1.18. The topological polar surface area (TPSA) is 8.17 Å². The number of anilines is 3. The van der Waals surface area contributed by atoms with Gasteiger partial charge in [-0.2, -0.15) is 0 Å². The van der Waals surface area contributed by atoms with Gasteiger partial charge < -0.3 is 9.47 Å². The van der Waals surface area contributed by atoms with Crippen molar-refractivity contribution in [2.75, 3.05) is 4.90 Å². The van der Waals surface area contributed by atoms with E-state index in [1.165, 1.54) is 49.6 Å². The number of para-hydroxylation sites is 2. The fourth-order valence-electron chi connectivity index (χ4n) is 7.29. The first kappa shape index (κ1) is 31.1. The van der Waals surface area contributed by atoms with E-state index in [9.17, 15) is 0 Å². The zero-order chi connectivity index (χ0) is 34.7. The quantitative estimate of drug-likeness (QED) is 0.147. The van der Waals surface area contributed by atoms with Crippen LogP contribution in [0.4, 0.5) is 17.1 Å². The van der Waals surface area contributed by atoms with Crippen LogP contribution < -0.4 is 4.90 Å². The predicted octanol–water partition coefficient (Wildman–Crippen LogP) is 13.8. The first-order valence-corrected chi connectivity index (χ1v) is 17.8. The normalized spacial score (nSPS) is 11.4. The minimum atomic E-state index is 1.10. The highest BCUT2D eigenvalue weighted by molar-refractivity contribution is 6.12. The molecule has 0 spiro atoms. The molecule has 9 rings (SSSR count). The van der Waals surface area contributed by atoms with Crippen LogP contribution in [0.1, 0.15) is 11.1 Å². The zero-order valence-electron chi connectivity index (χ0n) is 28.7. The Hall–Kier alpha value is -6.90. The van der Waals surface area contributed by atoms with Crippen LogP contribution in [0.3, 0.4) is 0 Å². The van der Waals surface area contributed by atoms with Gasteiger partial charge in [0.2, 0.25) is 0 Å². The van der Waals surface area contributed by atoms with E-state index in [4.69, 9.17) is 0 Å². The van der Waals surface area contributed by atoms with Crippen LogP contribution in [0.25, 0.3) is 61.9 Å². The van der Waals surface area contributed by atoms with E-state index in [2.05, 4.69) is 222 Å². The summed E-state index contributed by atoms with van der Waals surface area (Å²) in [4.78, 5) is 2.35. The van der Waals surface area contributed by atoms with Crippen LogP contribution in [-0.4, -0.2) is 4.57 Å². The lowest BCUT2D eigenvalue weighted by Gasteiger charge is -2.25. The van der Waals surface area contributed by atoms with Crippen molar-refractivity contribution in [3.63, 3.8) is 0 Å². The fraction of sp³-hybridized carbons (Fsp3) is 0. The molecule has 1 heterocycles. The van der Waals surface area contributed by atoms with Gasteiger partial charge >= 0.3 is 0 Å². The Morgan fingerprint density at radius 3 is 1.50 bits per heavy atom. The average molecular weight is 665 g/mol. The first-order chi connectivity index (χ1) is 25.8. The number of benzene rings is 8. The zero-order valence-corrected chi connectivity index (χ0v) is 28.7. The lowest BCUT2D eigenvalue weighted by atomic mass is 9.94. The van der Waals surface area contributed by atoms with Crippen LogP contribution in [0, 0.1) is 0 Å². The first-order valence-electron chi connectivity index (χ1n) is 17.8. The van der Waals surface area contributed by atoms with E-state index in [0.717, 1.165) is 28.3 Å². The Kier molecular flexibility index (Phi) is 8.24. The third-order valence-corrected chi connectivity index (χ3v) is 9.78. The molecule has 0 amide bonds. The van der Waals surface area contributed by atoms with Crippen molar-refractivity contribution in [2.45, 2.75) is 0 Å². The van der Waals surface area contributed by atoms with Crippen LogP contribution in [-0.2, 0) is 0 Å². The van der Waals surface area contributed by atoms with Gasteiger partial charge in [0.1, 0.15) is 0 Å². The van der Waals surface area contributed by atoms with E-state index >= 15 is 0 Å². The van der Waals surface area contributed by atoms with Crippen molar-refractivity contribution in [3.8, 4) is 27.9 Å². The molecule has 0 radical (unpaired) electrons. The van der Waals surface area contributed by atoms with Crippen LogP contribution in [0.5, 0.6) is 0 Å². The van der Waals surface area contributed by atoms with Gasteiger partial charge in [0, 0.05) is 33.5 Å². The molecule has 246 valence electrons. The van der Waals surface area contributed by atoms with Crippen molar-refractivity contribution in [1.29, 1.82) is 0 Å². The number of rotatable bonds is 8. The summed E-state index contributed by atoms with van der Waals surface area (Å²) in [5.74, 6) is 0. The van der Waals surface area contributed by atoms with Crippen molar-refractivity contribution in [1.82, 2.24) is 4.57 Å². The molecular weight excluding hydrogens is 629 g/mol. The summed E-state index contributed by atoms with van der Waals surface area (Å²) < 4.78 is 2.39. The molecule has 8 aromatic carbocycles. The van der Waals surface area contributed by atoms with Crippen LogP contribution >= 0.6 is 0 Å². The molecular formula is C50H36N2. The van der Waals surface area contributed by atoms with E-state index in [1.807, 2.05) is 6.07 Å². The van der Waals surface area contributed by atoms with Crippen molar-refractivity contribution in [3.05, 3.63) is 217 Å². The van der Waals surface area contributed by atoms with Crippen molar-refractivity contribution >= 4 is 51.0 Å². The average Bonchev–Trinajstić information content (AvgIpc) is 3.55. The van der Waals surface area contributed by atoms with E-state index in [0.29, 0.717) is 0 Å². The molecule has 0 saturated heterocycles. The summed E-state index contributed by atoms with van der Waals surface area (Å²) in [6.07, 6.45) is 4.33. The van der Waals surface area contributed by atoms with Gasteiger partial charge in [-0.3, -0.25) is 0 Å². The van der Waals surface area contributed by atoms with E-state index in [-0.39, 0.29) is 0 Å². The molecule has 0 bridgehead atoms. The maximum Gasteiger partial charge on any atom is 0.0542 e. The molecule has 2 heteroatoms. The second-order valence-electron chi connectivity index (χ2n) is 13.0. The van der Waals surface area contributed by atoms with Gasteiger partial charge in [0.15, 0.2) is 0 Å². The molecule has 52 heavy (non-hydrogen) atoms. The standard InChI is InChI=1S/C50H36N2/c1-5-15-37(16-6-1)25-26-38-27-30-43(31-28-38)51(41-19-9-3-10-20-41)44-32-34-50-48(36-44)47-35-40(29-33-49(47)52(50)42-21-11-4-12-22-42)46-24-14-13-23-45(46)39-17-7-2-8-18-39/h1-36H/b26-25+. The lowest BCUT2D eigenvalue weighted by Crippen LogP contribution is -2.09. The highest BCUT2D eigenvalue weighted by atomic mass is 15.1. The third-order valence-electron chi connectivity index (χ3n) is 9.78. The molecule has 0 fully saturated rings. The SMILES string of the molecule is C(=C\c1ccc(N(c2ccccc2)c2ccc3c(c2)c2cc(-c4ccccc4-c4ccccc4)ccc2n3-c2ccccc2)cc1)/c1ccccc1. The molecule has 0 atom stereocenters. The maximum absolute atomic E-state index is 2.39. The Morgan fingerprint density at radius 1 is 0.346 bits per heavy atom. The van der Waals surface area contributed by atoms with Crippen LogP contribution in [0.2, 0.25) is 0 Å². The Bertz CT molecular complexity index is 2640. The second kappa shape index (κ2) is 13.8. The highest BCUT2D eigenvalue weighted by Gasteiger charge is 2.18. The number of nitrogens with zero attached hydrogens (tertiary/aromatic N) is 2. The van der Waals surface area contributed by atoms with Crippen molar-refractivity contribution in [2.24, 2.45) is 0 Å². The smallest absolute Gasteiger partial charge is 0.0542 e. The van der Waals surface area contributed by atoms with E-state index in [1.54, 1.807) is 0 Å². The van der Waals surface area contributed by atoms with Gasteiger partial charge in [-0.25, -0.2) is 0 Å². The number of aromatic nitrogens is 1. The monoisotopic (exact) mass is 664 g/mol. The van der Waals surface area contributed by atoms with Gasteiger partial charge in [0.25, 0.3) is 0 Å². The molecule has 0 aliphatic carbocycles. The predicted molar refractivity (Wildman–Crippen MR) is 222 cm³/mol. The Morgan fingerprint density at radius 2 is 0.827 bits per heavy atom. The van der Waals surface area contributed by atoms with Crippen molar-refractivity contribution < 1.29 is 0 Å². The fourth-order valence-corrected chi connectivity index (χ4v) is 7.29. The summed E-state index contributed by atoms with van der Waals surface area (Å²) in [6.45, 7) is 0. The molecule has 0 unspecified atom stereocenters. The second-order valence-corrected chi connectivity index (χ2v) is 13.0. The minimum Gasteiger partial charge on any atom is -0.310 e. The molecule has 1 aromatic heterocycles. The van der Waals surface area contributed by atoms with Gasteiger partial charge in [0.05, 0.1) is 11.0 Å². The number of hydrogen-bond donors (Lipinski definition) is 0. The molecule has 0 aliphatic heterocycles. The molecule has 0 saturated carbocycles. The summed E-state index contributed by atoms with van der Waals surface area (Å²) in [5.41, 5.74) is 14.0. The molecule has 0 N–H and O–H groups in total. The van der Waals surface area contributed by atoms with E-state index < -0.39 is 0 Å². The molecule has 0 aliphatic rings. The largest absolute Gasteiger partial charge is 0.310 e. The highest BCUT2D eigenvalue weighted by Crippen LogP contribution is 2.41. The van der Waals surface area contributed by atoms with Gasteiger partial charge in [-0.15, -0.1) is 0 Å². The van der Waals surface area contributed by atoms with Gasteiger partial charge in [-0.05, 0) is 100 Å². The summed E-state index contributed by atoms with van der Waals surface area (Å²) in [5, 5.41) is 2.43. The number of fused-ring (bicyclic) bond motifs is 3. The van der Waals surface area contributed by atoms with Crippen LogP contribution in [0.15, 0.2) is 206 Å². The maximum atomic E-state index is 2.39. The summed E-state index contributed by atoms with van der Waals surface area (Å²) >= 11 is 0. The number of hydrogen-bond acceptors (Lipinski definition) is 1. The molecule has 9 aromatic rings. The Balaban J connectivity index is 1.21. The van der Waals surface area contributed by atoms with Gasteiger partial charge in [-0.1, -0.05) is 152 Å². The third kappa shape index (κ3) is 5.97. The summed E-state index contributed by atoms with van der Waals surface area (Å²) in [7, 11) is 0. The summed E-state index contributed by atoms with van der Waals surface area (Å²) in [6, 6.07) is 73.8. The molecule has 2 nitrogen and oxygen atoms in total.